The van der Waals surface area contributed by atoms with Crippen molar-refractivity contribution < 1.29 is 18.9 Å². The van der Waals surface area contributed by atoms with Crippen LogP contribution in [0.4, 0.5) is 0 Å². The average Bonchev–Trinajstić information content (AvgIpc) is 2.52. The van der Waals surface area contributed by atoms with Crippen LogP contribution in [0.3, 0.4) is 0 Å². The van der Waals surface area contributed by atoms with Gasteiger partial charge in [0.15, 0.2) is 0 Å². The molecule has 56 valence electrons. The Hall–Kier alpha value is 0.337. The maximum atomic E-state index is 4.10. The van der Waals surface area contributed by atoms with Crippen LogP contribution in [0.2, 0.25) is 0 Å². The molecule has 0 aliphatic heterocycles. The summed E-state index contributed by atoms with van der Waals surface area (Å²) >= 11 is 0. The summed E-state index contributed by atoms with van der Waals surface area (Å²) in [6.45, 7) is 8.82. The fourth-order valence-electron chi connectivity index (χ4n) is 2.64. The zero-order valence-electron chi connectivity index (χ0n) is 7.98. The first-order valence-electron chi connectivity index (χ1n) is 4.34. The molecule has 0 radical (unpaired) electrons. The van der Waals surface area contributed by atoms with Crippen LogP contribution in [0, 0.1) is 17.3 Å². The first kappa shape index (κ1) is 9.43. The van der Waals surface area contributed by atoms with E-state index in [1.165, 1.54) is 24.8 Å². The second-order valence-electron chi connectivity index (χ2n) is 4.30. The van der Waals surface area contributed by atoms with Gasteiger partial charge in [0.05, 0.1) is 0 Å². The van der Waals surface area contributed by atoms with Crippen molar-refractivity contribution in [3.63, 3.8) is 0 Å². The predicted molar refractivity (Wildman–Crippen MR) is 43.8 cm³/mol. The van der Waals surface area contributed by atoms with Crippen molar-refractivity contribution in [2.45, 2.75) is 33.1 Å². The molecular formula is C10H16Li+. The van der Waals surface area contributed by atoms with E-state index in [0.717, 1.165) is 17.3 Å². The van der Waals surface area contributed by atoms with E-state index in [0.29, 0.717) is 0 Å². The van der Waals surface area contributed by atoms with Gasteiger partial charge in [0.1, 0.15) is 0 Å². The first-order chi connectivity index (χ1) is 4.67. The monoisotopic (exact) mass is 143 g/mol. The summed E-state index contributed by atoms with van der Waals surface area (Å²) in [5, 5.41) is 0. The number of fused-ring (bicyclic) bond motifs is 1. The van der Waals surface area contributed by atoms with Gasteiger partial charge in [0.25, 0.3) is 0 Å². The summed E-state index contributed by atoms with van der Waals surface area (Å²) in [5.41, 5.74) is 2.27. The smallest absolute Gasteiger partial charge is 0.0996 e. The van der Waals surface area contributed by atoms with Gasteiger partial charge < -0.3 is 0 Å². The van der Waals surface area contributed by atoms with Gasteiger partial charge >= 0.3 is 18.9 Å². The molecule has 0 aromatic rings. The Morgan fingerprint density at radius 2 is 2.18 bits per heavy atom. The Morgan fingerprint density at radius 3 is 2.36 bits per heavy atom. The molecule has 0 heterocycles. The number of rotatable bonds is 1. The third-order valence-electron chi connectivity index (χ3n) is 3.67. The van der Waals surface area contributed by atoms with Crippen molar-refractivity contribution >= 4 is 0 Å². The Morgan fingerprint density at radius 1 is 1.55 bits per heavy atom. The topological polar surface area (TPSA) is 0 Å². The molecule has 0 saturated heterocycles. The largest absolute Gasteiger partial charge is 1.00 e. The van der Waals surface area contributed by atoms with E-state index in [-0.39, 0.29) is 18.9 Å². The van der Waals surface area contributed by atoms with E-state index in [1.54, 1.807) is 0 Å². The van der Waals surface area contributed by atoms with Crippen molar-refractivity contribution in [1.29, 1.82) is 0 Å². The molecule has 0 bridgehead atoms. The number of hydrogen-bond donors (Lipinski definition) is 0. The van der Waals surface area contributed by atoms with Crippen molar-refractivity contribution in [3.8, 4) is 0 Å². The fourth-order valence-corrected chi connectivity index (χ4v) is 2.64. The molecule has 11 heavy (non-hydrogen) atoms. The van der Waals surface area contributed by atoms with E-state index in [4.69, 9.17) is 0 Å². The Bertz CT molecular complexity index is 183. The van der Waals surface area contributed by atoms with Gasteiger partial charge in [0, 0.05) is 0 Å². The number of allylic oxidation sites excluding steroid dienone is 1. The Kier molecular flexibility index (Phi) is 2.30. The minimum atomic E-state index is 0. The maximum absolute atomic E-state index is 4.10. The van der Waals surface area contributed by atoms with E-state index < -0.39 is 0 Å². The van der Waals surface area contributed by atoms with Crippen molar-refractivity contribution in [2.24, 2.45) is 17.3 Å². The molecule has 2 saturated carbocycles. The van der Waals surface area contributed by atoms with Crippen LogP contribution in [0.5, 0.6) is 0 Å². The SMILES string of the molecule is C=C1CCC2(C(C)C)CC12.[Li+]. The van der Waals surface area contributed by atoms with E-state index in [9.17, 15) is 0 Å². The molecule has 0 N–H and O–H groups in total. The van der Waals surface area contributed by atoms with Crippen molar-refractivity contribution in [3.05, 3.63) is 12.2 Å². The minimum absolute atomic E-state index is 0. The minimum Gasteiger partial charge on any atom is -0.0996 e. The molecule has 0 aromatic carbocycles. The van der Waals surface area contributed by atoms with Crippen LogP contribution in [0.25, 0.3) is 0 Å². The zero-order valence-corrected chi connectivity index (χ0v) is 7.98. The Balaban J connectivity index is 0.000000605. The van der Waals surface area contributed by atoms with Crippen LogP contribution in [-0.2, 0) is 0 Å². The van der Waals surface area contributed by atoms with E-state index in [2.05, 4.69) is 20.4 Å². The van der Waals surface area contributed by atoms with Gasteiger partial charge in [-0.05, 0) is 36.5 Å². The summed E-state index contributed by atoms with van der Waals surface area (Å²) in [7, 11) is 0. The molecule has 2 aliphatic rings. The summed E-state index contributed by atoms with van der Waals surface area (Å²) < 4.78 is 0. The summed E-state index contributed by atoms with van der Waals surface area (Å²) in [4.78, 5) is 0. The zero-order chi connectivity index (χ0) is 7.35. The molecule has 0 amide bonds. The maximum Gasteiger partial charge on any atom is 1.00 e. The predicted octanol–water partition coefficient (Wildman–Crippen LogP) is 0.00270. The van der Waals surface area contributed by atoms with Crippen LogP contribution < -0.4 is 18.9 Å². The van der Waals surface area contributed by atoms with Gasteiger partial charge in [-0.15, -0.1) is 0 Å². The molecule has 2 atom stereocenters. The molecule has 0 aromatic heterocycles. The van der Waals surface area contributed by atoms with Gasteiger partial charge in [-0.3, -0.25) is 0 Å². The second-order valence-corrected chi connectivity index (χ2v) is 4.30. The van der Waals surface area contributed by atoms with Crippen LogP contribution in [0.1, 0.15) is 33.1 Å². The molecule has 0 spiro atoms. The molecule has 0 nitrogen and oxygen atoms in total. The molecule has 2 unspecified atom stereocenters. The summed E-state index contributed by atoms with van der Waals surface area (Å²) in [6.07, 6.45) is 4.18. The van der Waals surface area contributed by atoms with Crippen LogP contribution in [-0.4, -0.2) is 0 Å². The molecule has 2 rings (SSSR count). The van der Waals surface area contributed by atoms with Gasteiger partial charge in [-0.25, -0.2) is 0 Å². The average molecular weight is 143 g/mol. The van der Waals surface area contributed by atoms with Crippen molar-refractivity contribution in [2.75, 3.05) is 0 Å². The fraction of sp³-hybridized carbons (Fsp3) is 0.800. The van der Waals surface area contributed by atoms with E-state index in [1.807, 2.05) is 0 Å². The summed E-state index contributed by atoms with van der Waals surface area (Å²) in [6, 6.07) is 0. The first-order valence-corrected chi connectivity index (χ1v) is 4.34. The summed E-state index contributed by atoms with van der Waals surface area (Å²) in [5.74, 6) is 1.81. The van der Waals surface area contributed by atoms with Crippen LogP contribution in [0.15, 0.2) is 12.2 Å². The normalized spacial score (nSPS) is 40.3. The third kappa shape index (κ3) is 1.12. The molecule has 2 fully saturated rings. The van der Waals surface area contributed by atoms with Gasteiger partial charge in [-0.2, -0.15) is 0 Å². The second kappa shape index (κ2) is 2.68. The van der Waals surface area contributed by atoms with Crippen LogP contribution >= 0.6 is 0 Å². The standard InChI is InChI=1S/C10H16.Li/c1-7(2)10-5-4-8(3)9(10)6-10;/h7,9H,3-6H2,1-2H3;/q;+1. The van der Waals surface area contributed by atoms with Crippen molar-refractivity contribution in [1.82, 2.24) is 0 Å². The molecule has 2 aliphatic carbocycles. The van der Waals surface area contributed by atoms with E-state index >= 15 is 0 Å². The molecule has 1 heteroatoms. The van der Waals surface area contributed by atoms with Gasteiger partial charge in [-0.1, -0.05) is 26.0 Å². The van der Waals surface area contributed by atoms with Gasteiger partial charge in [0.2, 0.25) is 0 Å². The Labute approximate surface area is 81.6 Å². The molecular weight excluding hydrogens is 127 g/mol. The number of hydrogen-bond acceptors (Lipinski definition) is 0. The quantitative estimate of drug-likeness (QED) is 0.358. The third-order valence-corrected chi connectivity index (χ3v) is 3.67.